The molecule has 2 aromatic rings. The summed E-state index contributed by atoms with van der Waals surface area (Å²) in [7, 11) is 0. The minimum atomic E-state index is -0.290. The fraction of sp³-hybridized carbons (Fsp3) is 0.368. The lowest BCUT2D eigenvalue weighted by molar-refractivity contribution is -0.142. The molecule has 1 saturated heterocycles. The predicted molar refractivity (Wildman–Crippen MR) is 105 cm³/mol. The van der Waals surface area contributed by atoms with Crippen LogP contribution in [0, 0.1) is 0 Å². The number of esters is 1. The van der Waals surface area contributed by atoms with Gasteiger partial charge < -0.3 is 9.64 Å². The number of rotatable bonds is 7. The summed E-state index contributed by atoms with van der Waals surface area (Å²) in [5.41, 5.74) is 5.08. The van der Waals surface area contributed by atoms with Crippen molar-refractivity contribution < 1.29 is 14.3 Å². The lowest BCUT2D eigenvalue weighted by Gasteiger charge is -2.14. The highest BCUT2D eigenvalue weighted by Crippen LogP contribution is 2.16. The Balaban J connectivity index is 1.51. The maximum absolute atomic E-state index is 12.3. The highest BCUT2D eigenvalue weighted by Gasteiger charge is 2.18. The minimum Gasteiger partial charge on any atom is -0.466 e. The Labute approximate surface area is 162 Å². The largest absolute Gasteiger partial charge is 0.466 e. The molecule has 3 rings (SSSR count). The summed E-state index contributed by atoms with van der Waals surface area (Å²) >= 11 is 1.37. The molecule has 7 nitrogen and oxygen atoms in total. The van der Waals surface area contributed by atoms with Crippen LogP contribution >= 0.6 is 11.3 Å². The predicted octanol–water partition coefficient (Wildman–Crippen LogP) is 2.93. The van der Waals surface area contributed by atoms with Crippen LogP contribution in [0.3, 0.4) is 0 Å². The Morgan fingerprint density at radius 3 is 2.74 bits per heavy atom. The van der Waals surface area contributed by atoms with E-state index in [-0.39, 0.29) is 18.3 Å². The summed E-state index contributed by atoms with van der Waals surface area (Å²) in [6.45, 7) is 3.83. The molecule has 27 heavy (non-hydrogen) atoms. The molecule has 0 bridgehead atoms. The first-order valence-electron chi connectivity index (χ1n) is 8.94. The summed E-state index contributed by atoms with van der Waals surface area (Å²) in [6, 6.07) is 7.37. The number of likely N-dealkylation sites (tertiary alicyclic amines) is 1. The molecule has 0 radical (unpaired) electrons. The third-order valence-electron chi connectivity index (χ3n) is 4.11. The monoisotopic (exact) mass is 386 g/mol. The topological polar surface area (TPSA) is 83.9 Å². The maximum atomic E-state index is 12.3. The van der Waals surface area contributed by atoms with Gasteiger partial charge in [0.2, 0.25) is 5.13 Å². The van der Waals surface area contributed by atoms with Crippen molar-refractivity contribution in [3.8, 4) is 0 Å². The van der Waals surface area contributed by atoms with Gasteiger partial charge in [-0.05, 0) is 37.5 Å². The van der Waals surface area contributed by atoms with Crippen molar-refractivity contribution in [2.75, 3.05) is 25.1 Å². The molecular formula is C19H22N4O3S. The molecule has 8 heteroatoms. The minimum absolute atomic E-state index is 0.0889. The number of amides is 1. The summed E-state index contributed by atoms with van der Waals surface area (Å²) in [6.07, 6.45) is 3.99. The first-order valence-corrected chi connectivity index (χ1v) is 9.82. The van der Waals surface area contributed by atoms with Crippen LogP contribution in [-0.4, -0.2) is 47.7 Å². The Morgan fingerprint density at radius 2 is 2.04 bits per heavy atom. The fourth-order valence-electron chi connectivity index (χ4n) is 2.78. The molecule has 1 aliphatic rings. The number of hydrazone groups is 1. The van der Waals surface area contributed by atoms with E-state index in [0.717, 1.165) is 31.5 Å². The van der Waals surface area contributed by atoms with Crippen molar-refractivity contribution in [1.82, 2.24) is 9.88 Å². The standard InChI is InChI=1S/C19H22N4O3S/c1-2-26-17(24)11-16-13-27-19(21-16)22-20-12-14-5-7-15(8-6-14)18(25)23-9-3-4-10-23/h5-8,12-13H,2-4,9-11H2,1H3,(H,21,22). The first kappa shape index (κ1) is 19.0. The normalized spacial score (nSPS) is 13.9. The van der Waals surface area contributed by atoms with E-state index in [4.69, 9.17) is 4.74 Å². The van der Waals surface area contributed by atoms with E-state index in [9.17, 15) is 9.59 Å². The van der Waals surface area contributed by atoms with Gasteiger partial charge >= 0.3 is 5.97 Å². The van der Waals surface area contributed by atoms with Crippen molar-refractivity contribution in [2.24, 2.45) is 5.10 Å². The van der Waals surface area contributed by atoms with E-state index in [1.165, 1.54) is 11.3 Å². The lowest BCUT2D eigenvalue weighted by atomic mass is 10.1. The second-order valence-electron chi connectivity index (χ2n) is 6.12. The van der Waals surface area contributed by atoms with Gasteiger partial charge in [0.1, 0.15) is 0 Å². The number of nitrogens with one attached hydrogen (secondary N) is 1. The first-order chi connectivity index (χ1) is 13.2. The number of carbonyl (C=O) groups is 2. The zero-order valence-electron chi connectivity index (χ0n) is 15.2. The van der Waals surface area contributed by atoms with Gasteiger partial charge in [-0.1, -0.05) is 12.1 Å². The molecule has 1 N–H and O–H groups in total. The molecule has 0 aliphatic carbocycles. The van der Waals surface area contributed by atoms with E-state index in [1.807, 2.05) is 29.2 Å². The van der Waals surface area contributed by atoms with Crippen LogP contribution in [-0.2, 0) is 16.0 Å². The molecule has 1 aromatic heterocycles. The van der Waals surface area contributed by atoms with Gasteiger partial charge in [0, 0.05) is 24.0 Å². The zero-order valence-corrected chi connectivity index (χ0v) is 16.0. The van der Waals surface area contributed by atoms with Crippen molar-refractivity contribution >= 4 is 34.6 Å². The average Bonchev–Trinajstić information content (AvgIpc) is 3.34. The summed E-state index contributed by atoms with van der Waals surface area (Å²) in [4.78, 5) is 29.9. The molecule has 1 fully saturated rings. The van der Waals surface area contributed by atoms with Crippen molar-refractivity contribution in [3.63, 3.8) is 0 Å². The van der Waals surface area contributed by atoms with Crippen LogP contribution in [0.25, 0.3) is 0 Å². The van der Waals surface area contributed by atoms with E-state index in [1.54, 1.807) is 18.5 Å². The molecule has 142 valence electrons. The molecule has 0 spiro atoms. The molecule has 1 aromatic carbocycles. The fourth-order valence-corrected chi connectivity index (χ4v) is 3.44. The summed E-state index contributed by atoms with van der Waals surface area (Å²) in [5, 5.41) is 6.56. The SMILES string of the molecule is CCOC(=O)Cc1csc(NN=Cc2ccc(C(=O)N3CCCC3)cc2)n1. The summed E-state index contributed by atoms with van der Waals surface area (Å²) in [5.74, 6) is -0.201. The van der Waals surface area contributed by atoms with Gasteiger partial charge in [0.15, 0.2) is 0 Å². The molecular weight excluding hydrogens is 364 g/mol. The van der Waals surface area contributed by atoms with Crippen LogP contribution in [0.2, 0.25) is 0 Å². The molecule has 0 unspecified atom stereocenters. The van der Waals surface area contributed by atoms with Gasteiger partial charge in [0.05, 0.1) is 24.9 Å². The number of carbonyl (C=O) groups excluding carboxylic acids is 2. The highest BCUT2D eigenvalue weighted by atomic mass is 32.1. The third-order valence-corrected chi connectivity index (χ3v) is 4.90. The quantitative estimate of drug-likeness (QED) is 0.449. The molecule has 0 saturated carbocycles. The second kappa shape index (κ2) is 9.27. The van der Waals surface area contributed by atoms with E-state index in [0.29, 0.717) is 23.0 Å². The van der Waals surface area contributed by atoms with Gasteiger partial charge in [-0.25, -0.2) is 4.98 Å². The Hall–Kier alpha value is -2.74. The van der Waals surface area contributed by atoms with E-state index >= 15 is 0 Å². The number of hydrogen-bond acceptors (Lipinski definition) is 7. The number of anilines is 1. The Morgan fingerprint density at radius 1 is 1.30 bits per heavy atom. The number of aromatic nitrogens is 1. The Kier molecular flexibility index (Phi) is 6.54. The van der Waals surface area contributed by atoms with Crippen molar-refractivity contribution in [2.45, 2.75) is 26.2 Å². The third kappa shape index (κ3) is 5.37. The van der Waals surface area contributed by atoms with Crippen molar-refractivity contribution in [1.29, 1.82) is 0 Å². The smallest absolute Gasteiger partial charge is 0.311 e. The van der Waals surface area contributed by atoms with E-state index < -0.39 is 0 Å². The van der Waals surface area contributed by atoms with Gasteiger partial charge in [-0.2, -0.15) is 5.10 Å². The van der Waals surface area contributed by atoms with Crippen LogP contribution in [0.1, 0.15) is 41.4 Å². The van der Waals surface area contributed by atoms with E-state index in [2.05, 4.69) is 15.5 Å². The van der Waals surface area contributed by atoms with Crippen molar-refractivity contribution in [3.05, 3.63) is 46.5 Å². The molecule has 2 heterocycles. The number of hydrogen-bond donors (Lipinski definition) is 1. The average molecular weight is 386 g/mol. The molecule has 0 atom stereocenters. The highest BCUT2D eigenvalue weighted by molar-refractivity contribution is 7.13. The lowest BCUT2D eigenvalue weighted by Crippen LogP contribution is -2.27. The number of nitrogens with zero attached hydrogens (tertiary/aromatic N) is 3. The van der Waals surface area contributed by atoms with Gasteiger partial charge in [0.25, 0.3) is 5.91 Å². The number of benzene rings is 1. The van der Waals surface area contributed by atoms with Crippen LogP contribution < -0.4 is 5.43 Å². The molecule has 1 amide bonds. The van der Waals surface area contributed by atoms with Crippen LogP contribution in [0.5, 0.6) is 0 Å². The number of ether oxygens (including phenoxy) is 1. The maximum Gasteiger partial charge on any atom is 0.311 e. The van der Waals surface area contributed by atoms with Gasteiger partial charge in [-0.3, -0.25) is 15.0 Å². The zero-order chi connectivity index (χ0) is 19.1. The molecule has 1 aliphatic heterocycles. The van der Waals surface area contributed by atoms with Crippen LogP contribution in [0.15, 0.2) is 34.7 Å². The second-order valence-corrected chi connectivity index (χ2v) is 6.98. The van der Waals surface area contributed by atoms with Gasteiger partial charge in [-0.15, -0.1) is 11.3 Å². The number of thiazole rings is 1. The Bertz CT molecular complexity index is 811. The van der Waals surface area contributed by atoms with Crippen LogP contribution in [0.4, 0.5) is 5.13 Å². The summed E-state index contributed by atoms with van der Waals surface area (Å²) < 4.78 is 4.90.